The molecule has 0 saturated carbocycles. The third-order valence-electron chi connectivity index (χ3n) is 2.47. The molecular formula is C12H16N2O4. The van der Waals surface area contributed by atoms with Crippen LogP contribution in [0.15, 0.2) is 24.3 Å². The number of aliphatic hydroxyl groups is 1. The van der Waals surface area contributed by atoms with Crippen molar-refractivity contribution in [2.75, 3.05) is 18.6 Å². The summed E-state index contributed by atoms with van der Waals surface area (Å²) in [6.07, 6.45) is 0. The lowest BCUT2D eigenvalue weighted by Crippen LogP contribution is -2.48. The van der Waals surface area contributed by atoms with Crippen LogP contribution in [-0.4, -0.2) is 41.9 Å². The summed E-state index contributed by atoms with van der Waals surface area (Å²) in [4.78, 5) is 23.7. The first kappa shape index (κ1) is 14.0. The molecule has 0 aliphatic carbocycles. The summed E-state index contributed by atoms with van der Waals surface area (Å²) in [7, 11) is 1.53. The van der Waals surface area contributed by atoms with E-state index in [0.717, 1.165) is 5.56 Å². The van der Waals surface area contributed by atoms with Crippen molar-refractivity contribution >= 4 is 17.7 Å². The molecule has 1 unspecified atom stereocenters. The molecule has 18 heavy (non-hydrogen) atoms. The number of carboxylic acid groups (broad SMARTS) is 1. The second-order valence-corrected chi connectivity index (χ2v) is 3.92. The second-order valence-electron chi connectivity index (χ2n) is 3.92. The highest BCUT2D eigenvalue weighted by Crippen LogP contribution is 2.14. The SMILES string of the molecule is Cc1cccc(N(C)C(=O)NC(CO)C(=O)O)c1. The van der Waals surface area contributed by atoms with Crippen LogP contribution in [0, 0.1) is 6.92 Å². The lowest BCUT2D eigenvalue weighted by molar-refractivity contribution is -0.140. The monoisotopic (exact) mass is 252 g/mol. The van der Waals surface area contributed by atoms with Gasteiger partial charge < -0.3 is 15.5 Å². The summed E-state index contributed by atoms with van der Waals surface area (Å²) in [6, 6.07) is 5.35. The predicted octanol–water partition coefficient (Wildman–Crippen LogP) is 0.586. The molecule has 0 spiro atoms. The van der Waals surface area contributed by atoms with E-state index in [-0.39, 0.29) is 0 Å². The molecule has 0 aromatic heterocycles. The van der Waals surface area contributed by atoms with Gasteiger partial charge in [0.15, 0.2) is 6.04 Å². The van der Waals surface area contributed by atoms with Crippen LogP contribution in [0.5, 0.6) is 0 Å². The van der Waals surface area contributed by atoms with Gasteiger partial charge in [0.2, 0.25) is 0 Å². The van der Waals surface area contributed by atoms with Crippen LogP contribution in [0.1, 0.15) is 5.56 Å². The lowest BCUT2D eigenvalue weighted by atomic mass is 10.2. The molecule has 0 aliphatic rings. The van der Waals surface area contributed by atoms with Gasteiger partial charge in [0.1, 0.15) is 0 Å². The molecule has 6 nitrogen and oxygen atoms in total. The predicted molar refractivity (Wildman–Crippen MR) is 66.6 cm³/mol. The minimum atomic E-state index is -1.30. The summed E-state index contributed by atoms with van der Waals surface area (Å²) in [5.74, 6) is -1.27. The first-order valence-electron chi connectivity index (χ1n) is 5.40. The highest BCUT2D eigenvalue weighted by Gasteiger charge is 2.21. The summed E-state index contributed by atoms with van der Waals surface area (Å²) in [5, 5.41) is 19.8. The van der Waals surface area contributed by atoms with E-state index in [4.69, 9.17) is 10.2 Å². The highest BCUT2D eigenvalue weighted by molar-refractivity contribution is 5.94. The molecule has 1 atom stereocenters. The van der Waals surface area contributed by atoms with Crippen molar-refractivity contribution in [2.24, 2.45) is 0 Å². The molecule has 6 heteroatoms. The Labute approximate surface area is 105 Å². The van der Waals surface area contributed by atoms with Gasteiger partial charge >= 0.3 is 12.0 Å². The van der Waals surface area contributed by atoms with E-state index in [1.165, 1.54) is 11.9 Å². The van der Waals surface area contributed by atoms with Crippen molar-refractivity contribution in [1.29, 1.82) is 0 Å². The molecule has 0 bridgehead atoms. The number of aliphatic hydroxyl groups excluding tert-OH is 1. The van der Waals surface area contributed by atoms with Crippen LogP contribution in [0.4, 0.5) is 10.5 Å². The first-order chi connectivity index (χ1) is 8.45. The summed E-state index contributed by atoms with van der Waals surface area (Å²) in [5.41, 5.74) is 1.64. The van der Waals surface area contributed by atoms with Crippen LogP contribution in [0.3, 0.4) is 0 Å². The van der Waals surface area contributed by atoms with E-state index in [1.54, 1.807) is 18.2 Å². The number of carbonyl (C=O) groups excluding carboxylic acids is 1. The first-order valence-corrected chi connectivity index (χ1v) is 5.40. The Morgan fingerprint density at radius 3 is 2.61 bits per heavy atom. The fourth-order valence-corrected chi connectivity index (χ4v) is 1.39. The van der Waals surface area contributed by atoms with Gasteiger partial charge in [0.05, 0.1) is 6.61 Å². The van der Waals surface area contributed by atoms with Crippen LogP contribution < -0.4 is 10.2 Å². The zero-order chi connectivity index (χ0) is 13.7. The van der Waals surface area contributed by atoms with Gasteiger partial charge in [-0.05, 0) is 24.6 Å². The van der Waals surface area contributed by atoms with E-state index in [1.807, 2.05) is 13.0 Å². The molecule has 0 aliphatic heterocycles. The maximum atomic E-state index is 11.8. The van der Waals surface area contributed by atoms with Crippen LogP contribution in [0.25, 0.3) is 0 Å². The molecule has 1 rings (SSSR count). The molecule has 3 N–H and O–H groups in total. The number of nitrogens with zero attached hydrogens (tertiary/aromatic N) is 1. The van der Waals surface area contributed by atoms with E-state index in [9.17, 15) is 9.59 Å². The Hall–Kier alpha value is -2.08. The topological polar surface area (TPSA) is 89.9 Å². The van der Waals surface area contributed by atoms with Crippen molar-refractivity contribution in [3.8, 4) is 0 Å². The minimum absolute atomic E-state index is 0.581. The molecule has 0 radical (unpaired) electrons. The molecule has 0 fully saturated rings. The molecule has 2 amide bonds. The van der Waals surface area contributed by atoms with Crippen LogP contribution in [-0.2, 0) is 4.79 Å². The molecule has 0 saturated heterocycles. The standard InChI is InChI=1S/C12H16N2O4/c1-8-4-3-5-9(6-8)14(2)12(18)13-10(7-15)11(16)17/h3-6,10,15H,7H2,1-2H3,(H,13,18)(H,16,17). The van der Waals surface area contributed by atoms with Gasteiger partial charge in [0.25, 0.3) is 0 Å². The van der Waals surface area contributed by atoms with E-state index >= 15 is 0 Å². The van der Waals surface area contributed by atoms with Gasteiger partial charge in [-0.25, -0.2) is 9.59 Å². The third-order valence-corrected chi connectivity index (χ3v) is 2.47. The summed E-state index contributed by atoms with van der Waals surface area (Å²) >= 11 is 0. The van der Waals surface area contributed by atoms with Gasteiger partial charge in [0, 0.05) is 12.7 Å². The number of amides is 2. The smallest absolute Gasteiger partial charge is 0.328 e. The quantitative estimate of drug-likeness (QED) is 0.731. The largest absolute Gasteiger partial charge is 0.480 e. The van der Waals surface area contributed by atoms with E-state index in [2.05, 4.69) is 5.32 Å². The van der Waals surface area contributed by atoms with Gasteiger partial charge in [-0.1, -0.05) is 12.1 Å². The van der Waals surface area contributed by atoms with Gasteiger partial charge in [-0.2, -0.15) is 0 Å². The van der Waals surface area contributed by atoms with Crippen molar-refractivity contribution in [1.82, 2.24) is 5.32 Å². The number of urea groups is 1. The fourth-order valence-electron chi connectivity index (χ4n) is 1.39. The number of hydrogen-bond donors (Lipinski definition) is 3. The summed E-state index contributed by atoms with van der Waals surface area (Å²) in [6.45, 7) is 1.24. The average Bonchev–Trinajstić information content (AvgIpc) is 2.34. The number of aliphatic carboxylic acids is 1. The number of carbonyl (C=O) groups is 2. The third kappa shape index (κ3) is 3.46. The maximum absolute atomic E-state index is 11.8. The highest BCUT2D eigenvalue weighted by atomic mass is 16.4. The number of aryl methyl sites for hydroxylation is 1. The summed E-state index contributed by atoms with van der Waals surface area (Å²) < 4.78 is 0. The van der Waals surface area contributed by atoms with Crippen molar-refractivity contribution in [3.05, 3.63) is 29.8 Å². The number of nitrogens with one attached hydrogen (secondary N) is 1. The second kappa shape index (κ2) is 6.02. The minimum Gasteiger partial charge on any atom is -0.480 e. The number of benzene rings is 1. The fraction of sp³-hybridized carbons (Fsp3) is 0.333. The zero-order valence-corrected chi connectivity index (χ0v) is 10.3. The molecule has 98 valence electrons. The Balaban J connectivity index is 2.75. The molecule has 0 heterocycles. The number of carboxylic acids is 1. The van der Waals surface area contributed by atoms with E-state index < -0.39 is 24.6 Å². The molecule has 1 aromatic rings. The normalized spacial score (nSPS) is 11.7. The van der Waals surface area contributed by atoms with E-state index in [0.29, 0.717) is 5.69 Å². The molecule has 1 aromatic carbocycles. The maximum Gasteiger partial charge on any atom is 0.328 e. The number of hydrogen-bond acceptors (Lipinski definition) is 3. The van der Waals surface area contributed by atoms with Crippen LogP contribution in [0.2, 0.25) is 0 Å². The Morgan fingerprint density at radius 1 is 1.44 bits per heavy atom. The van der Waals surface area contributed by atoms with Crippen LogP contribution >= 0.6 is 0 Å². The zero-order valence-electron chi connectivity index (χ0n) is 10.3. The Kier molecular flexibility index (Phi) is 4.67. The van der Waals surface area contributed by atoms with Gasteiger partial charge in [-0.3, -0.25) is 4.90 Å². The van der Waals surface area contributed by atoms with Crippen molar-refractivity contribution in [3.63, 3.8) is 0 Å². The van der Waals surface area contributed by atoms with Crippen molar-refractivity contribution < 1.29 is 19.8 Å². The van der Waals surface area contributed by atoms with Crippen molar-refractivity contribution in [2.45, 2.75) is 13.0 Å². The molecular weight excluding hydrogens is 236 g/mol. The number of anilines is 1. The lowest BCUT2D eigenvalue weighted by Gasteiger charge is -2.20. The number of rotatable bonds is 4. The Bertz CT molecular complexity index is 447. The van der Waals surface area contributed by atoms with Gasteiger partial charge in [-0.15, -0.1) is 0 Å². The average molecular weight is 252 g/mol. The Morgan fingerprint density at radius 2 is 2.11 bits per heavy atom.